The van der Waals surface area contributed by atoms with Gasteiger partial charge in [0.05, 0.1) is 6.04 Å². The first-order chi connectivity index (χ1) is 17.7. The molecule has 0 aromatic heterocycles. The molecule has 3 atom stereocenters. The molecule has 1 aliphatic rings. The Bertz CT molecular complexity index is 1140. The Morgan fingerprint density at radius 2 is 1.43 bits per heavy atom. The van der Waals surface area contributed by atoms with E-state index in [1.54, 1.807) is 12.1 Å². The third-order valence-corrected chi connectivity index (χ3v) is 12.0. The van der Waals surface area contributed by atoms with Gasteiger partial charge in [-0.1, -0.05) is 107 Å². The highest BCUT2D eigenvalue weighted by Crippen LogP contribution is 2.37. The fraction of sp³-hybridized carbons (Fsp3) is 0.333. The van der Waals surface area contributed by atoms with Gasteiger partial charge in [-0.15, -0.1) is 0 Å². The second-order valence-electron chi connectivity index (χ2n) is 10.6. The number of ether oxygens (including phenoxy) is 1. The zero-order valence-corrected chi connectivity index (χ0v) is 22.9. The van der Waals surface area contributed by atoms with Gasteiger partial charge in [0.15, 0.2) is 6.61 Å². The van der Waals surface area contributed by atoms with Crippen LogP contribution >= 0.6 is 0 Å². The van der Waals surface area contributed by atoms with Crippen molar-refractivity contribution >= 4 is 30.5 Å². The van der Waals surface area contributed by atoms with Gasteiger partial charge >= 0.3 is 0 Å². The van der Waals surface area contributed by atoms with E-state index in [-0.39, 0.29) is 35.4 Å². The number of hydrogen-bond acceptors (Lipinski definition) is 4. The van der Waals surface area contributed by atoms with Crippen LogP contribution in [-0.4, -0.2) is 45.4 Å². The van der Waals surface area contributed by atoms with E-state index in [0.717, 1.165) is 0 Å². The van der Waals surface area contributed by atoms with Crippen LogP contribution in [0.3, 0.4) is 0 Å². The molecule has 0 spiro atoms. The second-order valence-corrected chi connectivity index (χ2v) is 14.9. The molecule has 4 rings (SSSR count). The third-order valence-electron chi connectivity index (χ3n) is 6.97. The first-order valence-corrected chi connectivity index (χ1v) is 14.7. The lowest BCUT2D eigenvalue weighted by molar-refractivity contribution is -0.138. The molecule has 0 saturated carbocycles. The number of amides is 2. The Morgan fingerprint density at radius 3 is 1.92 bits per heavy atom. The summed E-state index contributed by atoms with van der Waals surface area (Å²) in [4.78, 5) is 24.9. The molecule has 7 heteroatoms. The number of hydrogen-bond donors (Lipinski definition) is 2. The molecule has 3 aromatic carbocycles. The Balaban J connectivity index is 1.47. The van der Waals surface area contributed by atoms with Gasteiger partial charge in [-0.3, -0.25) is 9.59 Å². The van der Waals surface area contributed by atoms with E-state index < -0.39 is 14.4 Å². The topological polar surface area (TPSA) is 76.7 Å². The molecular weight excluding hydrogens is 480 g/mol. The van der Waals surface area contributed by atoms with Crippen LogP contribution in [0.4, 0.5) is 0 Å². The van der Waals surface area contributed by atoms with E-state index >= 15 is 0 Å². The monoisotopic (exact) mass is 516 g/mol. The second kappa shape index (κ2) is 11.3. The smallest absolute Gasteiger partial charge is 0.261 e. The van der Waals surface area contributed by atoms with Gasteiger partial charge in [-0.25, -0.2) is 0 Å². The molecule has 2 N–H and O–H groups in total. The van der Waals surface area contributed by atoms with Crippen molar-refractivity contribution in [1.29, 1.82) is 0 Å². The van der Waals surface area contributed by atoms with Crippen LogP contribution in [0.1, 0.15) is 27.7 Å². The normalized spacial score (nSPS) is 18.3. The van der Waals surface area contributed by atoms with Crippen molar-refractivity contribution in [1.82, 2.24) is 10.6 Å². The lowest BCUT2D eigenvalue weighted by Gasteiger charge is -2.45. The van der Waals surface area contributed by atoms with Crippen molar-refractivity contribution in [3.05, 3.63) is 91.0 Å². The Kier molecular flexibility index (Phi) is 8.15. The highest BCUT2D eigenvalue weighted by molar-refractivity contribution is 6.99. The molecule has 194 valence electrons. The summed E-state index contributed by atoms with van der Waals surface area (Å²) in [5, 5.41) is 8.09. The molecule has 3 aromatic rings. The van der Waals surface area contributed by atoms with E-state index in [0.29, 0.717) is 12.4 Å². The average Bonchev–Trinajstić information content (AvgIpc) is 2.90. The summed E-state index contributed by atoms with van der Waals surface area (Å²) in [7, 11) is -2.69. The standard InChI is InChI=1S/C30H36N2O4Si/c1-22(27-28(29(34)32-27)31-26(33)21-35-23-14-8-5-9-15-23)20-36-37(30(2,3)4,24-16-10-6-11-17-24)25-18-12-7-13-19-25/h5-19,22,27-28H,20-21H2,1-4H3,(H,31,33)(H,32,34)/t22-,27-,28+/m1/s1. The summed E-state index contributed by atoms with van der Waals surface area (Å²) in [5.74, 6) is 0.0863. The third kappa shape index (κ3) is 5.78. The van der Waals surface area contributed by atoms with Crippen molar-refractivity contribution in [2.75, 3.05) is 13.2 Å². The maximum Gasteiger partial charge on any atom is 0.261 e. The van der Waals surface area contributed by atoms with Gasteiger partial charge in [-0.05, 0) is 27.5 Å². The van der Waals surface area contributed by atoms with Crippen LogP contribution in [-0.2, 0) is 14.0 Å². The van der Waals surface area contributed by atoms with E-state index in [2.05, 4.69) is 86.9 Å². The van der Waals surface area contributed by atoms with Crippen LogP contribution in [0.15, 0.2) is 91.0 Å². The SMILES string of the molecule is C[C@H](CO[Si](c1ccccc1)(c1ccccc1)C(C)(C)C)[C@H]1NC(=O)[C@H]1NC(=O)COc1ccccc1. The molecule has 0 bridgehead atoms. The van der Waals surface area contributed by atoms with E-state index in [1.165, 1.54) is 10.4 Å². The van der Waals surface area contributed by atoms with Crippen molar-refractivity contribution in [2.24, 2.45) is 5.92 Å². The van der Waals surface area contributed by atoms with Gasteiger partial charge in [-0.2, -0.15) is 0 Å². The predicted octanol–water partition coefficient (Wildman–Crippen LogP) is 3.26. The van der Waals surface area contributed by atoms with Crippen LogP contribution < -0.4 is 25.7 Å². The van der Waals surface area contributed by atoms with Gasteiger partial charge in [0.25, 0.3) is 14.2 Å². The fourth-order valence-electron chi connectivity index (χ4n) is 5.03. The molecule has 0 radical (unpaired) electrons. The van der Waals surface area contributed by atoms with Crippen molar-refractivity contribution in [3.8, 4) is 5.75 Å². The molecule has 1 saturated heterocycles. The van der Waals surface area contributed by atoms with Gasteiger partial charge in [0.2, 0.25) is 5.91 Å². The summed E-state index contributed by atoms with van der Waals surface area (Å²) in [6.45, 7) is 9.08. The van der Waals surface area contributed by atoms with Crippen LogP contribution in [0.2, 0.25) is 5.04 Å². The summed E-state index contributed by atoms with van der Waals surface area (Å²) in [6, 6.07) is 29.3. The molecule has 0 unspecified atom stereocenters. The lowest BCUT2D eigenvalue weighted by atomic mass is 9.88. The number of nitrogens with one attached hydrogen (secondary N) is 2. The quantitative estimate of drug-likeness (QED) is 0.320. The average molecular weight is 517 g/mol. The fourth-order valence-corrected chi connectivity index (χ4v) is 9.70. The number of benzene rings is 3. The molecule has 37 heavy (non-hydrogen) atoms. The van der Waals surface area contributed by atoms with E-state index in [1.807, 2.05) is 30.3 Å². The lowest BCUT2D eigenvalue weighted by Crippen LogP contribution is -2.72. The minimum absolute atomic E-state index is 0.0142. The summed E-state index contributed by atoms with van der Waals surface area (Å²) in [5.41, 5.74) is 0. The number of rotatable bonds is 10. The largest absolute Gasteiger partial charge is 0.484 e. The number of β-lactam (4-membered cyclic amide) rings is 1. The number of para-hydroxylation sites is 1. The minimum Gasteiger partial charge on any atom is -0.484 e. The van der Waals surface area contributed by atoms with Crippen molar-refractivity contribution < 1.29 is 18.8 Å². The van der Waals surface area contributed by atoms with Crippen LogP contribution in [0.25, 0.3) is 0 Å². The predicted molar refractivity (Wildman–Crippen MR) is 149 cm³/mol. The molecule has 1 fully saturated rings. The van der Waals surface area contributed by atoms with Crippen LogP contribution in [0.5, 0.6) is 5.75 Å². The minimum atomic E-state index is -2.69. The molecule has 1 heterocycles. The Labute approximate surface area is 220 Å². The van der Waals surface area contributed by atoms with Crippen molar-refractivity contribution in [3.63, 3.8) is 0 Å². The zero-order chi connectivity index (χ0) is 26.5. The van der Waals surface area contributed by atoms with Gasteiger partial charge < -0.3 is 19.8 Å². The van der Waals surface area contributed by atoms with E-state index in [4.69, 9.17) is 9.16 Å². The zero-order valence-electron chi connectivity index (χ0n) is 21.9. The highest BCUT2D eigenvalue weighted by atomic mass is 28.4. The molecule has 6 nitrogen and oxygen atoms in total. The highest BCUT2D eigenvalue weighted by Gasteiger charge is 2.51. The Hall–Kier alpha value is -3.42. The van der Waals surface area contributed by atoms with Gasteiger partial charge in [0, 0.05) is 12.5 Å². The van der Waals surface area contributed by atoms with Crippen LogP contribution in [0, 0.1) is 5.92 Å². The first kappa shape index (κ1) is 26.6. The maximum absolute atomic E-state index is 12.5. The van der Waals surface area contributed by atoms with E-state index in [9.17, 15) is 9.59 Å². The summed E-state index contributed by atoms with van der Waals surface area (Å²) >= 11 is 0. The first-order valence-electron chi connectivity index (χ1n) is 12.7. The van der Waals surface area contributed by atoms with Gasteiger partial charge in [0.1, 0.15) is 11.8 Å². The summed E-state index contributed by atoms with van der Waals surface area (Å²) < 4.78 is 12.6. The Morgan fingerprint density at radius 1 is 0.919 bits per heavy atom. The summed E-state index contributed by atoms with van der Waals surface area (Å²) in [6.07, 6.45) is 0. The number of carbonyl (C=O) groups excluding carboxylic acids is 2. The maximum atomic E-state index is 12.5. The molecule has 2 amide bonds. The van der Waals surface area contributed by atoms with Crippen molar-refractivity contribution in [2.45, 2.75) is 44.8 Å². The number of carbonyl (C=O) groups is 2. The molecule has 0 aliphatic carbocycles. The molecule has 1 aliphatic heterocycles. The molecular formula is C30H36N2O4Si.